The minimum atomic E-state index is -0.509. The molecule has 1 saturated heterocycles. The number of carbonyl (C=O) groups is 2. The Balaban J connectivity index is 1.73. The number of benzene rings is 2. The van der Waals surface area contributed by atoms with Crippen LogP contribution in [-0.2, 0) is 9.59 Å². The number of nitro groups is 1. The lowest BCUT2D eigenvalue weighted by Crippen LogP contribution is -2.48. The highest BCUT2D eigenvalue weighted by atomic mass is 16.6. The number of β-amino-alcohol motifs (C(OH)–C–C–N with tert-alkyl or cyclic N) is 1. The van der Waals surface area contributed by atoms with Crippen molar-refractivity contribution in [2.75, 3.05) is 51.3 Å². The fourth-order valence-electron chi connectivity index (χ4n) is 4.12. The summed E-state index contributed by atoms with van der Waals surface area (Å²) in [6, 6.07) is 12.3. The molecule has 2 aromatic rings. The van der Waals surface area contributed by atoms with Gasteiger partial charge in [-0.1, -0.05) is 0 Å². The van der Waals surface area contributed by atoms with Crippen molar-refractivity contribution in [1.82, 2.24) is 9.80 Å². The third-order valence-corrected chi connectivity index (χ3v) is 5.86. The maximum Gasteiger partial charge on any atom is 0.282 e. The van der Waals surface area contributed by atoms with Crippen molar-refractivity contribution in [3.63, 3.8) is 0 Å². The number of aliphatic hydroxyl groups is 1. The topological polar surface area (TPSA) is 116 Å². The maximum atomic E-state index is 13.5. The summed E-state index contributed by atoms with van der Waals surface area (Å²) in [7, 11) is 1.53. The van der Waals surface area contributed by atoms with Gasteiger partial charge in [-0.05, 0) is 42.0 Å². The third-order valence-electron chi connectivity index (χ3n) is 5.86. The lowest BCUT2D eigenvalue weighted by atomic mass is 10.0. The Hall–Kier alpha value is -3.76. The first-order valence-electron chi connectivity index (χ1n) is 10.5. The fourth-order valence-corrected chi connectivity index (χ4v) is 4.12. The number of nitrogens with zero attached hydrogens (tertiary/aromatic N) is 4. The number of ether oxygens (including phenoxy) is 1. The first-order chi connectivity index (χ1) is 15.9. The Bertz CT molecular complexity index is 1090. The lowest BCUT2D eigenvalue weighted by Gasteiger charge is -2.36. The Kier molecular flexibility index (Phi) is 6.38. The molecule has 0 unspecified atom stereocenters. The number of piperazine rings is 1. The smallest absolute Gasteiger partial charge is 0.282 e. The van der Waals surface area contributed by atoms with E-state index in [1.54, 1.807) is 24.3 Å². The number of aliphatic hydroxyl groups excluding tert-OH is 1. The minimum absolute atomic E-state index is 0.0550. The molecule has 2 amide bonds. The molecule has 0 aliphatic carbocycles. The van der Waals surface area contributed by atoms with E-state index in [9.17, 15) is 24.8 Å². The van der Waals surface area contributed by atoms with E-state index in [2.05, 4.69) is 4.90 Å². The highest BCUT2D eigenvalue weighted by molar-refractivity contribution is 6.45. The van der Waals surface area contributed by atoms with E-state index in [0.717, 1.165) is 4.90 Å². The molecule has 2 aliphatic heterocycles. The van der Waals surface area contributed by atoms with Crippen molar-refractivity contribution in [2.24, 2.45) is 0 Å². The lowest BCUT2D eigenvalue weighted by molar-refractivity contribution is -0.384. The zero-order chi connectivity index (χ0) is 23.5. The molecule has 2 heterocycles. The SMILES string of the molecule is COc1ccc(N2C(=O)C(c3ccc([N+](=O)[O-])cc3)=C(N3CCN(CCO)CC3)C2=O)cc1. The van der Waals surface area contributed by atoms with Crippen molar-refractivity contribution in [3.05, 3.63) is 69.9 Å². The summed E-state index contributed by atoms with van der Waals surface area (Å²) in [4.78, 5) is 42.7. The van der Waals surface area contributed by atoms with Crippen LogP contribution in [0.3, 0.4) is 0 Å². The number of rotatable bonds is 7. The molecule has 0 saturated carbocycles. The average molecular weight is 452 g/mol. The van der Waals surface area contributed by atoms with Crippen LogP contribution in [0.1, 0.15) is 5.56 Å². The average Bonchev–Trinajstić information content (AvgIpc) is 3.09. The molecule has 33 heavy (non-hydrogen) atoms. The van der Waals surface area contributed by atoms with Gasteiger partial charge in [0.15, 0.2) is 0 Å². The van der Waals surface area contributed by atoms with Crippen LogP contribution in [0.5, 0.6) is 5.75 Å². The van der Waals surface area contributed by atoms with Crippen molar-refractivity contribution in [2.45, 2.75) is 0 Å². The first kappa shape index (κ1) is 22.4. The summed E-state index contributed by atoms with van der Waals surface area (Å²) < 4.78 is 5.17. The second kappa shape index (κ2) is 9.39. The van der Waals surface area contributed by atoms with Gasteiger partial charge in [0.25, 0.3) is 17.5 Å². The molecule has 0 spiro atoms. The normalized spacial score (nSPS) is 17.2. The summed E-state index contributed by atoms with van der Waals surface area (Å²) in [5.74, 6) is -0.317. The molecule has 4 rings (SSSR count). The number of methoxy groups -OCH3 is 1. The number of anilines is 1. The summed E-state index contributed by atoms with van der Waals surface area (Å²) in [6.45, 7) is 2.91. The second-order valence-corrected chi connectivity index (χ2v) is 7.72. The summed E-state index contributed by atoms with van der Waals surface area (Å²) in [5.41, 5.74) is 1.28. The maximum absolute atomic E-state index is 13.5. The van der Waals surface area contributed by atoms with Crippen LogP contribution in [-0.4, -0.2) is 78.1 Å². The summed E-state index contributed by atoms with van der Waals surface area (Å²) in [5, 5.41) is 20.3. The van der Waals surface area contributed by atoms with Crippen molar-refractivity contribution in [3.8, 4) is 5.75 Å². The Labute approximate surface area is 190 Å². The van der Waals surface area contributed by atoms with Crippen LogP contribution >= 0.6 is 0 Å². The Morgan fingerprint density at radius 1 is 0.970 bits per heavy atom. The van der Waals surface area contributed by atoms with Crippen LogP contribution in [0.2, 0.25) is 0 Å². The van der Waals surface area contributed by atoms with E-state index in [1.165, 1.54) is 31.4 Å². The van der Waals surface area contributed by atoms with Crippen LogP contribution in [0.25, 0.3) is 5.57 Å². The first-order valence-corrected chi connectivity index (χ1v) is 10.5. The third kappa shape index (κ3) is 4.30. The van der Waals surface area contributed by atoms with Gasteiger partial charge in [-0.25, -0.2) is 4.90 Å². The molecule has 1 fully saturated rings. The molecule has 0 atom stereocenters. The highest BCUT2D eigenvalue weighted by Crippen LogP contribution is 2.36. The number of amides is 2. The summed E-state index contributed by atoms with van der Waals surface area (Å²) >= 11 is 0. The number of non-ortho nitro benzene ring substituents is 1. The zero-order valence-corrected chi connectivity index (χ0v) is 18.1. The molecule has 10 nitrogen and oxygen atoms in total. The fraction of sp³-hybridized carbons (Fsp3) is 0.304. The quantitative estimate of drug-likeness (QED) is 0.382. The van der Waals surface area contributed by atoms with Gasteiger partial charge in [0, 0.05) is 44.9 Å². The molecule has 2 aliphatic rings. The number of carbonyl (C=O) groups excluding carboxylic acids is 2. The summed E-state index contributed by atoms with van der Waals surface area (Å²) in [6.07, 6.45) is 0. The van der Waals surface area contributed by atoms with Gasteiger partial charge in [-0.15, -0.1) is 0 Å². The van der Waals surface area contributed by atoms with E-state index >= 15 is 0 Å². The van der Waals surface area contributed by atoms with Crippen molar-refractivity contribution < 1.29 is 24.4 Å². The molecular formula is C23H24N4O6. The minimum Gasteiger partial charge on any atom is -0.497 e. The Morgan fingerprint density at radius 3 is 2.15 bits per heavy atom. The van der Waals surface area contributed by atoms with E-state index in [1.807, 2.05) is 4.90 Å². The predicted molar refractivity (Wildman–Crippen MR) is 121 cm³/mol. The van der Waals surface area contributed by atoms with E-state index < -0.39 is 16.7 Å². The van der Waals surface area contributed by atoms with Crippen LogP contribution in [0.4, 0.5) is 11.4 Å². The van der Waals surface area contributed by atoms with Gasteiger partial charge in [-0.3, -0.25) is 24.6 Å². The van der Waals surface area contributed by atoms with E-state index in [4.69, 9.17) is 4.74 Å². The van der Waals surface area contributed by atoms with E-state index in [-0.39, 0.29) is 23.6 Å². The molecule has 0 radical (unpaired) electrons. The van der Waals surface area contributed by atoms with E-state index in [0.29, 0.717) is 49.7 Å². The van der Waals surface area contributed by atoms with Crippen LogP contribution in [0, 0.1) is 10.1 Å². The number of nitro benzene ring substituents is 1. The van der Waals surface area contributed by atoms with Crippen LogP contribution in [0.15, 0.2) is 54.2 Å². The van der Waals surface area contributed by atoms with Crippen molar-refractivity contribution >= 4 is 28.8 Å². The van der Waals surface area contributed by atoms with Gasteiger partial charge in [-0.2, -0.15) is 0 Å². The molecule has 10 heteroatoms. The largest absolute Gasteiger partial charge is 0.497 e. The monoisotopic (exact) mass is 452 g/mol. The number of hydrogen-bond acceptors (Lipinski definition) is 8. The van der Waals surface area contributed by atoms with Gasteiger partial charge >= 0.3 is 0 Å². The molecule has 2 aromatic carbocycles. The molecule has 1 N–H and O–H groups in total. The predicted octanol–water partition coefficient (Wildman–Crippen LogP) is 1.50. The van der Waals surface area contributed by atoms with Gasteiger partial charge in [0.1, 0.15) is 11.4 Å². The van der Waals surface area contributed by atoms with Gasteiger partial charge in [0.05, 0.1) is 29.9 Å². The molecule has 0 bridgehead atoms. The number of imide groups is 1. The number of hydrogen-bond donors (Lipinski definition) is 1. The van der Waals surface area contributed by atoms with Gasteiger partial charge < -0.3 is 14.7 Å². The van der Waals surface area contributed by atoms with Crippen molar-refractivity contribution in [1.29, 1.82) is 0 Å². The van der Waals surface area contributed by atoms with Gasteiger partial charge in [0.2, 0.25) is 0 Å². The standard InChI is InChI=1S/C23H24N4O6/c1-33-19-8-6-17(7-9-19)26-22(29)20(16-2-4-18(5-3-16)27(31)32)21(23(26)30)25-12-10-24(11-13-25)14-15-28/h2-9,28H,10-15H2,1H3. The Morgan fingerprint density at radius 2 is 1.61 bits per heavy atom. The highest BCUT2D eigenvalue weighted by Gasteiger charge is 2.43. The molecule has 172 valence electrons. The molecular weight excluding hydrogens is 428 g/mol. The van der Waals surface area contributed by atoms with Crippen LogP contribution < -0.4 is 9.64 Å². The second-order valence-electron chi connectivity index (χ2n) is 7.72. The zero-order valence-electron chi connectivity index (χ0n) is 18.1. The molecule has 0 aromatic heterocycles.